The van der Waals surface area contributed by atoms with Gasteiger partial charge in [0.05, 0.1) is 12.2 Å². The number of nitrogens with one attached hydrogen (secondary N) is 1. The van der Waals surface area contributed by atoms with Crippen LogP contribution in [-0.2, 0) is 4.74 Å². The van der Waals surface area contributed by atoms with Gasteiger partial charge in [0.2, 0.25) is 0 Å². The summed E-state index contributed by atoms with van der Waals surface area (Å²) in [6.07, 6.45) is 2.72. The summed E-state index contributed by atoms with van der Waals surface area (Å²) < 4.78 is 11.3. The van der Waals surface area contributed by atoms with Crippen LogP contribution < -0.4 is 10.1 Å². The number of aryl methyl sites for hydroxylation is 1. The molecule has 106 valence electrons. The molecule has 2 rings (SSSR count). The lowest BCUT2D eigenvalue weighted by Crippen LogP contribution is -2.32. The van der Waals surface area contributed by atoms with Crippen molar-refractivity contribution < 1.29 is 9.47 Å². The van der Waals surface area contributed by atoms with E-state index in [1.54, 1.807) is 0 Å². The van der Waals surface area contributed by atoms with E-state index in [-0.39, 0.29) is 6.10 Å². The van der Waals surface area contributed by atoms with Gasteiger partial charge in [-0.1, -0.05) is 0 Å². The fourth-order valence-corrected chi connectivity index (χ4v) is 2.49. The highest BCUT2D eigenvalue weighted by Gasteiger charge is 2.19. The molecule has 1 aromatic rings. The van der Waals surface area contributed by atoms with Crippen LogP contribution in [0.1, 0.15) is 39.2 Å². The Balaban J connectivity index is 2.00. The Hall–Kier alpha value is -1.22. The maximum absolute atomic E-state index is 5.71. The Morgan fingerprint density at radius 1 is 1.37 bits per heavy atom. The van der Waals surface area contributed by atoms with Gasteiger partial charge in [-0.25, -0.2) is 0 Å². The maximum Gasteiger partial charge on any atom is 0.120 e. The summed E-state index contributed by atoms with van der Waals surface area (Å²) >= 11 is 0. The van der Waals surface area contributed by atoms with E-state index in [0.717, 1.165) is 25.2 Å². The summed E-state index contributed by atoms with van der Waals surface area (Å²) in [7, 11) is 0. The summed E-state index contributed by atoms with van der Waals surface area (Å²) in [4.78, 5) is 0. The van der Waals surface area contributed by atoms with E-state index < -0.39 is 0 Å². The summed E-state index contributed by atoms with van der Waals surface area (Å²) in [6, 6.07) is 6.77. The number of hydrogen-bond donors (Lipinski definition) is 1. The molecule has 1 aliphatic rings. The van der Waals surface area contributed by atoms with Gasteiger partial charge in [-0.15, -0.1) is 0 Å². The molecule has 2 unspecified atom stereocenters. The minimum Gasteiger partial charge on any atom is -0.491 e. The van der Waals surface area contributed by atoms with Crippen LogP contribution in [0, 0.1) is 6.92 Å². The normalized spacial score (nSPS) is 23.4. The molecule has 1 aliphatic heterocycles. The highest BCUT2D eigenvalue weighted by molar-refractivity contribution is 5.54. The first-order valence-corrected chi connectivity index (χ1v) is 7.20. The Bertz CT molecular complexity index is 417. The van der Waals surface area contributed by atoms with Crippen molar-refractivity contribution in [3.63, 3.8) is 0 Å². The zero-order valence-electron chi connectivity index (χ0n) is 12.4. The standard InChI is InChI=1S/C16H25NO2/c1-11(2)19-15-5-6-16(12(3)9-15)17-14-7-8-18-13(4)10-14/h5-6,9,11,13-14,17H,7-8,10H2,1-4H3. The van der Waals surface area contributed by atoms with Crippen LogP contribution >= 0.6 is 0 Å². The van der Waals surface area contributed by atoms with E-state index in [1.165, 1.54) is 11.3 Å². The largest absolute Gasteiger partial charge is 0.491 e. The molecular formula is C16H25NO2. The summed E-state index contributed by atoms with van der Waals surface area (Å²) in [5, 5.41) is 3.62. The van der Waals surface area contributed by atoms with Crippen molar-refractivity contribution in [1.82, 2.24) is 0 Å². The predicted octanol–water partition coefficient (Wildman–Crippen LogP) is 3.76. The minimum absolute atomic E-state index is 0.217. The van der Waals surface area contributed by atoms with Gasteiger partial charge < -0.3 is 14.8 Å². The third-order valence-electron chi connectivity index (χ3n) is 3.41. The molecule has 1 N–H and O–H groups in total. The van der Waals surface area contributed by atoms with Crippen molar-refractivity contribution in [3.8, 4) is 5.75 Å². The second-order valence-electron chi connectivity index (χ2n) is 5.69. The van der Waals surface area contributed by atoms with Gasteiger partial charge in [0.1, 0.15) is 5.75 Å². The van der Waals surface area contributed by atoms with Crippen molar-refractivity contribution in [1.29, 1.82) is 0 Å². The highest BCUT2D eigenvalue weighted by atomic mass is 16.5. The first-order chi connectivity index (χ1) is 9.04. The quantitative estimate of drug-likeness (QED) is 0.897. The van der Waals surface area contributed by atoms with Crippen LogP contribution in [0.4, 0.5) is 5.69 Å². The van der Waals surface area contributed by atoms with Crippen LogP contribution in [-0.4, -0.2) is 24.9 Å². The second-order valence-corrected chi connectivity index (χ2v) is 5.69. The van der Waals surface area contributed by atoms with Crippen LogP contribution in [0.2, 0.25) is 0 Å². The average molecular weight is 263 g/mol. The van der Waals surface area contributed by atoms with E-state index in [2.05, 4.69) is 31.3 Å². The molecule has 19 heavy (non-hydrogen) atoms. The van der Waals surface area contributed by atoms with Crippen LogP contribution in [0.3, 0.4) is 0 Å². The van der Waals surface area contributed by atoms with Crippen LogP contribution in [0.25, 0.3) is 0 Å². The molecule has 1 aromatic carbocycles. The molecule has 0 amide bonds. The van der Waals surface area contributed by atoms with Gasteiger partial charge in [-0.2, -0.15) is 0 Å². The van der Waals surface area contributed by atoms with Gasteiger partial charge in [0.15, 0.2) is 0 Å². The van der Waals surface area contributed by atoms with E-state index in [1.807, 2.05) is 19.9 Å². The summed E-state index contributed by atoms with van der Waals surface area (Å²) in [5.41, 5.74) is 2.44. The molecule has 0 aromatic heterocycles. The fourth-order valence-electron chi connectivity index (χ4n) is 2.49. The smallest absolute Gasteiger partial charge is 0.120 e. The first kappa shape index (κ1) is 14.2. The monoisotopic (exact) mass is 263 g/mol. The Morgan fingerprint density at radius 3 is 2.79 bits per heavy atom. The van der Waals surface area contributed by atoms with Gasteiger partial charge >= 0.3 is 0 Å². The molecule has 3 heteroatoms. The Morgan fingerprint density at radius 2 is 2.16 bits per heavy atom. The first-order valence-electron chi connectivity index (χ1n) is 7.20. The third kappa shape index (κ3) is 4.13. The molecule has 3 nitrogen and oxygen atoms in total. The number of anilines is 1. The van der Waals surface area contributed by atoms with Crippen molar-refractivity contribution >= 4 is 5.69 Å². The second kappa shape index (κ2) is 6.29. The molecule has 1 heterocycles. The number of hydrogen-bond acceptors (Lipinski definition) is 3. The topological polar surface area (TPSA) is 30.5 Å². The lowest BCUT2D eigenvalue weighted by Gasteiger charge is -2.29. The van der Waals surface area contributed by atoms with E-state index in [9.17, 15) is 0 Å². The SMILES string of the molecule is Cc1cc(OC(C)C)ccc1NC1CCOC(C)C1. The van der Waals surface area contributed by atoms with E-state index >= 15 is 0 Å². The highest BCUT2D eigenvalue weighted by Crippen LogP contribution is 2.25. The molecule has 0 saturated carbocycles. The number of ether oxygens (including phenoxy) is 2. The zero-order chi connectivity index (χ0) is 13.8. The summed E-state index contributed by atoms with van der Waals surface area (Å²) in [6.45, 7) is 9.21. The van der Waals surface area contributed by atoms with E-state index in [4.69, 9.17) is 9.47 Å². The molecule has 2 atom stereocenters. The average Bonchev–Trinajstić information content (AvgIpc) is 2.32. The Kier molecular flexibility index (Phi) is 4.70. The van der Waals surface area contributed by atoms with Gasteiger partial charge in [-0.05, 0) is 64.3 Å². The van der Waals surface area contributed by atoms with Gasteiger partial charge in [-0.3, -0.25) is 0 Å². The molecule has 1 saturated heterocycles. The molecular weight excluding hydrogens is 238 g/mol. The molecule has 0 aliphatic carbocycles. The predicted molar refractivity (Wildman–Crippen MR) is 79.0 cm³/mol. The van der Waals surface area contributed by atoms with Crippen molar-refractivity contribution in [2.75, 3.05) is 11.9 Å². The lowest BCUT2D eigenvalue weighted by molar-refractivity contribution is 0.0232. The molecule has 1 fully saturated rings. The van der Waals surface area contributed by atoms with Crippen LogP contribution in [0.15, 0.2) is 18.2 Å². The van der Waals surface area contributed by atoms with E-state index in [0.29, 0.717) is 12.1 Å². The van der Waals surface area contributed by atoms with Crippen molar-refractivity contribution in [2.45, 2.75) is 58.8 Å². The lowest BCUT2D eigenvalue weighted by atomic mass is 10.0. The zero-order valence-corrected chi connectivity index (χ0v) is 12.4. The van der Waals surface area contributed by atoms with Crippen molar-refractivity contribution in [3.05, 3.63) is 23.8 Å². The maximum atomic E-state index is 5.71. The molecule has 0 spiro atoms. The minimum atomic E-state index is 0.217. The third-order valence-corrected chi connectivity index (χ3v) is 3.41. The number of rotatable bonds is 4. The molecule has 0 bridgehead atoms. The molecule has 0 radical (unpaired) electrons. The van der Waals surface area contributed by atoms with Gasteiger partial charge in [0, 0.05) is 18.3 Å². The Labute approximate surface area is 116 Å². The van der Waals surface area contributed by atoms with Crippen LogP contribution in [0.5, 0.6) is 5.75 Å². The number of benzene rings is 1. The fraction of sp³-hybridized carbons (Fsp3) is 0.625. The summed E-state index contributed by atoms with van der Waals surface area (Å²) in [5.74, 6) is 0.943. The van der Waals surface area contributed by atoms with Gasteiger partial charge in [0.25, 0.3) is 0 Å². The van der Waals surface area contributed by atoms with Crippen molar-refractivity contribution in [2.24, 2.45) is 0 Å².